The van der Waals surface area contributed by atoms with E-state index in [1.54, 1.807) is 0 Å². The Hall–Kier alpha value is -3.44. The summed E-state index contributed by atoms with van der Waals surface area (Å²) in [7, 11) is 0. The maximum atomic E-state index is 13.3. The highest BCUT2D eigenvalue weighted by Crippen LogP contribution is 2.21. The smallest absolute Gasteiger partial charge is 0.257 e. The first-order valence-electron chi connectivity index (χ1n) is 8.95. The number of carbonyl (C=O) groups is 1. The fourth-order valence-electron chi connectivity index (χ4n) is 3.18. The van der Waals surface area contributed by atoms with Gasteiger partial charge in [-0.15, -0.1) is 0 Å². The van der Waals surface area contributed by atoms with Gasteiger partial charge in [-0.1, -0.05) is 54.1 Å². The lowest BCUT2D eigenvalue weighted by atomic mass is 10.0. The Bertz CT molecular complexity index is 1280. The maximum Gasteiger partial charge on any atom is 0.257 e. The third-order valence-electron chi connectivity index (χ3n) is 4.64. The topological polar surface area (TPSA) is 51.1 Å². The normalized spacial score (nSPS) is 10.8. The predicted octanol–water partition coefficient (Wildman–Crippen LogP) is 5.09. The fraction of sp³-hybridized carbons (Fsp3) is 0.0435. The van der Waals surface area contributed by atoms with Gasteiger partial charge in [0.25, 0.3) is 11.5 Å². The number of aromatic nitrogens is 1. The number of nitrogens with zero attached hydrogens (tertiary/aromatic N) is 1. The number of fused-ring (bicyclic) bond motifs is 1. The summed E-state index contributed by atoms with van der Waals surface area (Å²) in [4.78, 5) is 24.9. The van der Waals surface area contributed by atoms with E-state index >= 15 is 0 Å². The van der Waals surface area contributed by atoms with Crippen molar-refractivity contribution in [2.24, 2.45) is 0 Å². The number of hydrogen-bond donors (Lipinski definition) is 1. The van der Waals surface area contributed by atoms with Crippen molar-refractivity contribution < 1.29 is 9.18 Å². The predicted molar refractivity (Wildman–Crippen MR) is 113 cm³/mol. The van der Waals surface area contributed by atoms with Gasteiger partial charge in [0.15, 0.2) is 0 Å². The molecule has 1 amide bonds. The van der Waals surface area contributed by atoms with Gasteiger partial charge >= 0.3 is 0 Å². The first kappa shape index (κ1) is 18.9. The number of benzene rings is 3. The van der Waals surface area contributed by atoms with Crippen molar-refractivity contribution in [1.29, 1.82) is 0 Å². The van der Waals surface area contributed by atoms with Crippen molar-refractivity contribution in [3.8, 4) is 0 Å². The van der Waals surface area contributed by atoms with Gasteiger partial charge < -0.3 is 9.88 Å². The van der Waals surface area contributed by atoms with Crippen LogP contribution in [-0.2, 0) is 6.54 Å². The van der Waals surface area contributed by atoms with Crippen LogP contribution in [0.15, 0.2) is 83.8 Å². The van der Waals surface area contributed by atoms with E-state index in [0.717, 1.165) is 16.3 Å². The number of carbonyl (C=O) groups excluding carboxylic acids is 1. The van der Waals surface area contributed by atoms with Gasteiger partial charge in [0.1, 0.15) is 5.82 Å². The molecule has 0 atom stereocenters. The van der Waals surface area contributed by atoms with E-state index < -0.39 is 11.7 Å². The largest absolute Gasteiger partial charge is 0.322 e. The van der Waals surface area contributed by atoms with Crippen LogP contribution in [0.5, 0.6) is 0 Å². The first-order valence-corrected chi connectivity index (χ1v) is 9.32. The molecule has 0 saturated carbocycles. The van der Waals surface area contributed by atoms with Gasteiger partial charge in [-0.05, 0) is 40.6 Å². The molecule has 0 saturated heterocycles. The van der Waals surface area contributed by atoms with Crippen LogP contribution >= 0.6 is 11.6 Å². The lowest BCUT2D eigenvalue weighted by Gasteiger charge is -2.11. The third-order valence-corrected chi connectivity index (χ3v) is 4.93. The Morgan fingerprint density at radius 2 is 1.79 bits per heavy atom. The molecule has 4 aromatic rings. The summed E-state index contributed by atoms with van der Waals surface area (Å²) in [6.45, 7) is 0.337. The van der Waals surface area contributed by atoms with Crippen LogP contribution in [0.2, 0.25) is 5.02 Å². The molecule has 6 heteroatoms. The highest BCUT2D eigenvalue weighted by Gasteiger charge is 2.11. The van der Waals surface area contributed by atoms with E-state index in [1.807, 2.05) is 42.5 Å². The molecule has 3 aromatic carbocycles. The van der Waals surface area contributed by atoms with E-state index in [9.17, 15) is 14.0 Å². The molecule has 0 spiro atoms. The zero-order valence-electron chi connectivity index (χ0n) is 15.2. The van der Waals surface area contributed by atoms with Crippen LogP contribution < -0.4 is 10.9 Å². The molecule has 4 rings (SSSR count). The van der Waals surface area contributed by atoms with Gasteiger partial charge in [0.05, 0.1) is 17.1 Å². The van der Waals surface area contributed by atoms with Crippen molar-refractivity contribution in [3.05, 3.63) is 111 Å². The van der Waals surface area contributed by atoms with E-state index in [0.29, 0.717) is 17.8 Å². The Morgan fingerprint density at radius 3 is 2.62 bits per heavy atom. The van der Waals surface area contributed by atoms with Gasteiger partial charge in [0, 0.05) is 18.0 Å². The number of hydrogen-bond acceptors (Lipinski definition) is 2. The molecule has 0 aliphatic heterocycles. The summed E-state index contributed by atoms with van der Waals surface area (Å²) in [5, 5.41) is 4.72. The van der Waals surface area contributed by atoms with Crippen LogP contribution in [0.3, 0.4) is 0 Å². The highest BCUT2D eigenvalue weighted by atomic mass is 35.5. The van der Waals surface area contributed by atoms with E-state index in [1.165, 1.54) is 41.1 Å². The summed E-state index contributed by atoms with van der Waals surface area (Å²) in [6, 6.07) is 20.6. The number of pyridine rings is 1. The number of nitrogens with one attached hydrogen (secondary N) is 1. The average Bonchev–Trinajstić information content (AvgIpc) is 2.72. The van der Waals surface area contributed by atoms with Crippen molar-refractivity contribution in [1.82, 2.24) is 4.57 Å². The molecule has 144 valence electrons. The number of halogens is 2. The number of anilines is 1. The monoisotopic (exact) mass is 406 g/mol. The van der Waals surface area contributed by atoms with Crippen molar-refractivity contribution >= 4 is 34.0 Å². The van der Waals surface area contributed by atoms with Gasteiger partial charge in [0.2, 0.25) is 0 Å². The van der Waals surface area contributed by atoms with Gasteiger partial charge in [-0.25, -0.2) is 4.39 Å². The molecule has 0 fully saturated rings. The quantitative estimate of drug-likeness (QED) is 0.513. The highest BCUT2D eigenvalue weighted by molar-refractivity contribution is 6.31. The van der Waals surface area contributed by atoms with Crippen LogP contribution in [0.25, 0.3) is 10.8 Å². The summed E-state index contributed by atoms with van der Waals surface area (Å²) >= 11 is 5.76. The second-order valence-corrected chi connectivity index (χ2v) is 7.01. The molecular weight excluding hydrogens is 391 g/mol. The number of rotatable bonds is 4. The SMILES string of the molecule is O=C(Nc1ccc(F)c(Cl)c1)c1ccc(=O)n(Cc2cccc3ccccc23)c1. The first-order chi connectivity index (χ1) is 14.0. The number of amides is 1. The minimum absolute atomic E-state index is 0.0799. The molecular formula is C23H16ClFN2O2. The standard InChI is InChI=1S/C23H16ClFN2O2/c24-20-12-18(9-10-21(20)25)26-23(29)17-8-11-22(28)27(14-17)13-16-6-3-5-15-4-1-2-7-19(15)16/h1-12,14H,13H2,(H,26,29). The Balaban J connectivity index is 1.62. The molecule has 1 aromatic heterocycles. The lowest BCUT2D eigenvalue weighted by molar-refractivity contribution is 0.102. The van der Waals surface area contributed by atoms with Gasteiger partial charge in [-0.2, -0.15) is 0 Å². The van der Waals surface area contributed by atoms with E-state index in [4.69, 9.17) is 11.6 Å². The Morgan fingerprint density at radius 1 is 1.00 bits per heavy atom. The van der Waals surface area contributed by atoms with Gasteiger partial charge in [-0.3, -0.25) is 9.59 Å². The van der Waals surface area contributed by atoms with Crippen LogP contribution in [-0.4, -0.2) is 10.5 Å². The Labute approximate surface area is 171 Å². The van der Waals surface area contributed by atoms with E-state index in [2.05, 4.69) is 5.32 Å². The summed E-state index contributed by atoms with van der Waals surface area (Å²) in [5.74, 6) is -0.979. The molecule has 4 nitrogen and oxygen atoms in total. The molecule has 0 radical (unpaired) electrons. The molecule has 0 aliphatic carbocycles. The van der Waals surface area contributed by atoms with Crippen LogP contribution in [0, 0.1) is 5.82 Å². The summed E-state index contributed by atoms with van der Waals surface area (Å²) < 4.78 is 14.8. The minimum Gasteiger partial charge on any atom is -0.322 e. The van der Waals surface area contributed by atoms with Crippen LogP contribution in [0.4, 0.5) is 10.1 Å². The molecule has 1 N–H and O–H groups in total. The van der Waals surface area contributed by atoms with Crippen molar-refractivity contribution in [2.75, 3.05) is 5.32 Å². The van der Waals surface area contributed by atoms with Crippen LogP contribution in [0.1, 0.15) is 15.9 Å². The average molecular weight is 407 g/mol. The zero-order chi connectivity index (χ0) is 20.4. The Kier molecular flexibility index (Phi) is 5.14. The molecule has 0 aliphatic rings. The second kappa shape index (κ2) is 7.89. The summed E-state index contributed by atoms with van der Waals surface area (Å²) in [6.07, 6.45) is 1.52. The lowest BCUT2D eigenvalue weighted by Crippen LogP contribution is -2.22. The van der Waals surface area contributed by atoms with Crippen molar-refractivity contribution in [3.63, 3.8) is 0 Å². The minimum atomic E-state index is -0.562. The van der Waals surface area contributed by atoms with E-state index in [-0.39, 0.29) is 10.6 Å². The third kappa shape index (κ3) is 4.05. The molecule has 1 heterocycles. The molecule has 0 unspecified atom stereocenters. The molecule has 0 bridgehead atoms. The maximum absolute atomic E-state index is 13.3. The fourth-order valence-corrected chi connectivity index (χ4v) is 3.36. The summed E-state index contributed by atoms with van der Waals surface area (Å²) in [5.41, 5.74) is 1.45. The second-order valence-electron chi connectivity index (χ2n) is 6.61. The zero-order valence-corrected chi connectivity index (χ0v) is 16.0. The molecule has 29 heavy (non-hydrogen) atoms. The van der Waals surface area contributed by atoms with Crippen molar-refractivity contribution in [2.45, 2.75) is 6.54 Å².